The Morgan fingerprint density at radius 1 is 0.176 bits per heavy atom. The second kappa shape index (κ2) is 18.1. The molecule has 74 heavy (non-hydrogen) atoms. The molecule has 0 spiro atoms. The Hall–Kier alpha value is -9.90. The van der Waals surface area contributed by atoms with Crippen LogP contribution in [0.5, 0.6) is 0 Å². The average molecular weight is 941 g/mol. The SMILES string of the molecule is c1ccc2c(-c3cc(-c4cccc5ccccc45)nc(-c4ccc(-c5cccc6c(-c7ccc(-c8nc(-c9cccc%10ccccc9%10)cc(-c9cccc%10ccccc9%10)n8)cc7)cccc56)cc4)n3)cccc2c1. The molecule has 0 saturated carbocycles. The summed E-state index contributed by atoms with van der Waals surface area (Å²) < 4.78 is 0. The lowest BCUT2D eigenvalue weighted by atomic mass is 9.92. The Morgan fingerprint density at radius 3 is 0.716 bits per heavy atom. The van der Waals surface area contributed by atoms with Gasteiger partial charge in [-0.1, -0.05) is 255 Å². The summed E-state index contributed by atoms with van der Waals surface area (Å²) in [6.45, 7) is 0. The van der Waals surface area contributed by atoms with Gasteiger partial charge in [0, 0.05) is 33.4 Å². The van der Waals surface area contributed by atoms with Crippen molar-refractivity contribution in [2.75, 3.05) is 0 Å². The summed E-state index contributed by atoms with van der Waals surface area (Å²) in [4.78, 5) is 21.2. The number of hydrogen-bond acceptors (Lipinski definition) is 4. The van der Waals surface area contributed by atoms with E-state index in [2.05, 4.69) is 267 Å². The number of fused-ring (bicyclic) bond motifs is 5. The van der Waals surface area contributed by atoms with Crippen LogP contribution < -0.4 is 0 Å². The van der Waals surface area contributed by atoms with E-state index in [1.54, 1.807) is 0 Å². The fourth-order valence-electron chi connectivity index (χ4n) is 10.9. The van der Waals surface area contributed by atoms with Gasteiger partial charge < -0.3 is 0 Å². The van der Waals surface area contributed by atoms with Gasteiger partial charge in [-0.3, -0.25) is 0 Å². The van der Waals surface area contributed by atoms with Crippen LogP contribution >= 0.6 is 0 Å². The maximum atomic E-state index is 5.29. The van der Waals surface area contributed by atoms with Crippen LogP contribution in [0.15, 0.2) is 267 Å². The predicted molar refractivity (Wildman–Crippen MR) is 309 cm³/mol. The van der Waals surface area contributed by atoms with Crippen LogP contribution in [0.25, 0.3) is 144 Å². The van der Waals surface area contributed by atoms with Gasteiger partial charge in [0.05, 0.1) is 22.8 Å². The minimum absolute atomic E-state index is 0.684. The maximum absolute atomic E-state index is 5.29. The molecule has 0 saturated heterocycles. The molecule has 0 N–H and O–H groups in total. The standard InChI is InChI=1S/C70H44N4/c1-5-23-55-45(15-1)19-9-31-61(55)65-43-66(62-32-10-20-46-16-2-6-24-56(46)62)72-69(71-65)51-39-35-49(36-40-51)53-27-13-30-60-54(28-14-29-59(53)60)50-37-41-52(42-38-50)70-73-67(63-33-11-21-47-17-3-7-25-57(47)63)44-68(74-70)64-34-12-22-48-18-4-8-26-58(48)64/h1-44H. The van der Waals surface area contributed by atoms with Gasteiger partial charge >= 0.3 is 0 Å². The van der Waals surface area contributed by atoms with Gasteiger partial charge in [-0.15, -0.1) is 0 Å². The Bertz CT molecular complexity index is 3980. The van der Waals surface area contributed by atoms with E-state index in [-0.39, 0.29) is 0 Å². The van der Waals surface area contributed by atoms with E-state index in [0.29, 0.717) is 11.6 Å². The first kappa shape index (κ1) is 42.9. The maximum Gasteiger partial charge on any atom is 0.160 e. The zero-order valence-electron chi connectivity index (χ0n) is 40.2. The van der Waals surface area contributed by atoms with Crippen molar-refractivity contribution < 1.29 is 0 Å². The average Bonchev–Trinajstić information content (AvgIpc) is 3.48. The van der Waals surface area contributed by atoms with Crippen LogP contribution in [0.3, 0.4) is 0 Å². The molecule has 4 heteroatoms. The van der Waals surface area contributed by atoms with Crippen molar-refractivity contribution in [1.29, 1.82) is 0 Å². The molecule has 0 bridgehead atoms. The molecular formula is C70H44N4. The van der Waals surface area contributed by atoms with E-state index in [9.17, 15) is 0 Å². The first-order valence-electron chi connectivity index (χ1n) is 25.1. The van der Waals surface area contributed by atoms with Gasteiger partial charge in [0.1, 0.15) is 0 Å². The van der Waals surface area contributed by atoms with E-state index in [1.165, 1.54) is 32.3 Å². The Balaban J connectivity index is 0.827. The van der Waals surface area contributed by atoms with E-state index < -0.39 is 0 Å². The molecule has 4 nitrogen and oxygen atoms in total. The topological polar surface area (TPSA) is 51.6 Å². The van der Waals surface area contributed by atoms with Crippen molar-refractivity contribution in [3.05, 3.63) is 267 Å². The van der Waals surface area contributed by atoms with Gasteiger partial charge in [-0.2, -0.15) is 0 Å². The molecule has 12 aromatic carbocycles. The quantitative estimate of drug-likeness (QED) is 0.152. The molecule has 0 aliphatic heterocycles. The monoisotopic (exact) mass is 940 g/mol. The van der Waals surface area contributed by atoms with Gasteiger partial charge in [-0.05, 0) is 88.2 Å². The van der Waals surface area contributed by atoms with Crippen LogP contribution in [-0.4, -0.2) is 19.9 Å². The molecule has 0 unspecified atom stereocenters. The van der Waals surface area contributed by atoms with Crippen molar-refractivity contribution in [2.45, 2.75) is 0 Å². The van der Waals surface area contributed by atoms with Crippen LogP contribution in [0, 0.1) is 0 Å². The third-order valence-electron chi connectivity index (χ3n) is 14.5. The lowest BCUT2D eigenvalue weighted by Crippen LogP contribution is -1.97. The molecule has 14 aromatic rings. The molecule has 0 radical (unpaired) electrons. The third-order valence-corrected chi connectivity index (χ3v) is 14.5. The van der Waals surface area contributed by atoms with Gasteiger partial charge in [0.2, 0.25) is 0 Å². The highest BCUT2D eigenvalue weighted by molar-refractivity contribution is 6.05. The summed E-state index contributed by atoms with van der Waals surface area (Å²) in [5.74, 6) is 1.37. The summed E-state index contributed by atoms with van der Waals surface area (Å²) in [5, 5.41) is 11.7. The van der Waals surface area contributed by atoms with Crippen LogP contribution in [0.4, 0.5) is 0 Å². The highest BCUT2D eigenvalue weighted by atomic mass is 14.9. The van der Waals surface area contributed by atoms with E-state index in [0.717, 1.165) is 100.0 Å². The zero-order chi connectivity index (χ0) is 49.0. The molecule has 0 aliphatic rings. The number of aromatic nitrogens is 4. The molecule has 0 amide bonds. The van der Waals surface area contributed by atoms with E-state index in [1.807, 2.05) is 0 Å². The van der Waals surface area contributed by atoms with Crippen molar-refractivity contribution in [3.63, 3.8) is 0 Å². The van der Waals surface area contributed by atoms with Crippen molar-refractivity contribution in [3.8, 4) is 90.1 Å². The fraction of sp³-hybridized carbons (Fsp3) is 0. The summed E-state index contributed by atoms with van der Waals surface area (Å²) in [5.41, 5.74) is 14.4. The lowest BCUT2D eigenvalue weighted by Gasteiger charge is -2.14. The smallest absolute Gasteiger partial charge is 0.160 e. The Morgan fingerprint density at radius 2 is 0.405 bits per heavy atom. The first-order chi connectivity index (χ1) is 36.7. The van der Waals surface area contributed by atoms with Crippen LogP contribution in [0.2, 0.25) is 0 Å². The molecule has 0 atom stereocenters. The molecule has 0 aliphatic carbocycles. The van der Waals surface area contributed by atoms with Gasteiger partial charge in [-0.25, -0.2) is 19.9 Å². The minimum Gasteiger partial charge on any atom is -0.228 e. The summed E-state index contributed by atoms with van der Waals surface area (Å²) in [6.07, 6.45) is 0. The second-order valence-electron chi connectivity index (χ2n) is 18.9. The van der Waals surface area contributed by atoms with Crippen molar-refractivity contribution in [1.82, 2.24) is 19.9 Å². The second-order valence-corrected chi connectivity index (χ2v) is 18.9. The predicted octanol–water partition coefficient (Wildman–Crippen LogP) is 18.4. The fourth-order valence-corrected chi connectivity index (χ4v) is 10.9. The molecule has 344 valence electrons. The Labute approximate surface area is 428 Å². The molecule has 2 heterocycles. The Kier molecular flexibility index (Phi) is 10.5. The zero-order valence-corrected chi connectivity index (χ0v) is 40.2. The van der Waals surface area contributed by atoms with E-state index in [4.69, 9.17) is 19.9 Å². The molecule has 0 fully saturated rings. The normalized spacial score (nSPS) is 11.5. The van der Waals surface area contributed by atoms with Gasteiger partial charge in [0.15, 0.2) is 11.6 Å². The number of rotatable bonds is 8. The molecule has 2 aromatic heterocycles. The summed E-state index contributed by atoms with van der Waals surface area (Å²) >= 11 is 0. The van der Waals surface area contributed by atoms with E-state index >= 15 is 0 Å². The number of benzene rings is 12. The van der Waals surface area contributed by atoms with Crippen LogP contribution in [-0.2, 0) is 0 Å². The number of hydrogen-bond donors (Lipinski definition) is 0. The number of nitrogens with zero attached hydrogens (tertiary/aromatic N) is 4. The summed E-state index contributed by atoms with van der Waals surface area (Å²) in [6, 6.07) is 94.7. The highest BCUT2D eigenvalue weighted by Gasteiger charge is 2.18. The summed E-state index contributed by atoms with van der Waals surface area (Å²) in [7, 11) is 0. The minimum atomic E-state index is 0.684. The van der Waals surface area contributed by atoms with Crippen LogP contribution in [0.1, 0.15) is 0 Å². The largest absolute Gasteiger partial charge is 0.228 e. The van der Waals surface area contributed by atoms with Gasteiger partial charge in [0.25, 0.3) is 0 Å². The first-order valence-corrected chi connectivity index (χ1v) is 25.1. The lowest BCUT2D eigenvalue weighted by molar-refractivity contribution is 1.19. The highest BCUT2D eigenvalue weighted by Crippen LogP contribution is 2.40. The third kappa shape index (κ3) is 7.65. The van der Waals surface area contributed by atoms with Crippen molar-refractivity contribution >= 4 is 53.9 Å². The molecular weight excluding hydrogens is 897 g/mol. The van der Waals surface area contributed by atoms with Crippen molar-refractivity contribution in [2.24, 2.45) is 0 Å². The molecule has 14 rings (SSSR count).